The average molecular weight is 418 g/mol. The first-order valence-corrected chi connectivity index (χ1v) is 9.33. The maximum Gasteiger partial charge on any atom is 0.434 e. The number of likely N-dealkylation sites (N-methyl/N-ethyl adjacent to an activating group) is 1. The monoisotopic (exact) mass is 418 g/mol. The van der Waals surface area contributed by atoms with E-state index in [9.17, 15) is 18.0 Å². The molecule has 0 saturated carbocycles. The second-order valence-electron chi connectivity index (χ2n) is 6.54. The van der Waals surface area contributed by atoms with Gasteiger partial charge in [-0.15, -0.1) is 0 Å². The number of carbonyl (C=O) groups is 1. The molecule has 0 aliphatic rings. The van der Waals surface area contributed by atoms with Gasteiger partial charge in [0.15, 0.2) is 5.69 Å². The van der Waals surface area contributed by atoms with Crippen LogP contribution in [-0.4, -0.2) is 45.3 Å². The van der Waals surface area contributed by atoms with Crippen molar-refractivity contribution in [2.45, 2.75) is 20.0 Å². The second kappa shape index (κ2) is 8.93. The van der Waals surface area contributed by atoms with Crippen LogP contribution in [0, 0.1) is 6.92 Å². The first kappa shape index (κ1) is 21.3. The lowest BCUT2D eigenvalue weighted by molar-refractivity contribution is -0.143. The van der Waals surface area contributed by atoms with Crippen LogP contribution in [0.25, 0.3) is 5.95 Å². The third-order valence-electron chi connectivity index (χ3n) is 4.44. The molecule has 0 fully saturated rings. The molecule has 0 aliphatic heterocycles. The molecular weight excluding hydrogens is 397 g/mol. The number of alkyl halides is 3. The van der Waals surface area contributed by atoms with Gasteiger partial charge < -0.3 is 10.2 Å². The molecule has 10 heteroatoms. The van der Waals surface area contributed by atoms with Crippen molar-refractivity contribution in [3.63, 3.8) is 0 Å². The zero-order valence-corrected chi connectivity index (χ0v) is 16.5. The van der Waals surface area contributed by atoms with Gasteiger partial charge in [0.05, 0.1) is 11.8 Å². The normalized spacial score (nSPS) is 11.4. The van der Waals surface area contributed by atoms with Gasteiger partial charge in [-0.05, 0) is 37.6 Å². The fourth-order valence-electron chi connectivity index (χ4n) is 3.03. The molecule has 30 heavy (non-hydrogen) atoms. The van der Waals surface area contributed by atoms with Gasteiger partial charge >= 0.3 is 6.18 Å². The number of hydrogen-bond acceptors (Lipinski definition) is 5. The van der Waals surface area contributed by atoms with Crippen molar-refractivity contribution in [3.8, 4) is 5.95 Å². The Hall–Kier alpha value is -3.43. The van der Waals surface area contributed by atoms with Crippen LogP contribution in [0.4, 0.5) is 18.9 Å². The molecule has 2 aromatic heterocycles. The molecule has 2 heterocycles. The number of aromatic nitrogens is 4. The summed E-state index contributed by atoms with van der Waals surface area (Å²) in [6.07, 6.45) is -1.32. The lowest BCUT2D eigenvalue weighted by Gasteiger charge is -2.23. The number of aryl methyl sites for hydroxylation is 1. The summed E-state index contributed by atoms with van der Waals surface area (Å²) >= 11 is 0. The van der Waals surface area contributed by atoms with E-state index in [0.717, 1.165) is 17.4 Å². The highest BCUT2D eigenvalue weighted by Crippen LogP contribution is 2.33. The van der Waals surface area contributed by atoms with Crippen LogP contribution < -0.4 is 10.2 Å². The van der Waals surface area contributed by atoms with E-state index in [4.69, 9.17) is 0 Å². The van der Waals surface area contributed by atoms with E-state index in [1.807, 2.05) is 43.0 Å². The molecule has 158 valence electrons. The number of benzene rings is 1. The van der Waals surface area contributed by atoms with Crippen molar-refractivity contribution in [3.05, 3.63) is 65.7 Å². The highest BCUT2D eigenvalue weighted by Gasteiger charge is 2.41. The number of nitrogens with one attached hydrogen (secondary N) is 1. The van der Waals surface area contributed by atoms with Crippen LogP contribution in [0.2, 0.25) is 0 Å². The number of halogens is 3. The molecular formula is C20H21F3N6O. The minimum Gasteiger partial charge on any atom is -0.370 e. The predicted molar refractivity (Wildman–Crippen MR) is 106 cm³/mol. The molecule has 0 radical (unpaired) electrons. The summed E-state index contributed by atoms with van der Waals surface area (Å²) in [4.78, 5) is 22.1. The fourth-order valence-corrected chi connectivity index (χ4v) is 3.03. The van der Waals surface area contributed by atoms with Crippen LogP contribution in [0.5, 0.6) is 0 Å². The van der Waals surface area contributed by atoms with Crippen LogP contribution in [0.3, 0.4) is 0 Å². The van der Waals surface area contributed by atoms with Gasteiger partial charge in [-0.25, -0.2) is 9.97 Å². The third kappa shape index (κ3) is 4.76. The Kier molecular flexibility index (Phi) is 6.34. The summed E-state index contributed by atoms with van der Waals surface area (Å²) in [7, 11) is 0. The standard InChI is InChI=1S/C20H21F3N6O/c1-3-28(15-7-4-6-14(2)12-15)11-10-24-18(30)16-13-27-29(17(16)20(21,22)23)19-25-8-5-9-26-19/h4-9,12-13H,3,10-11H2,1-2H3,(H,24,30). The Morgan fingerprint density at radius 3 is 2.57 bits per heavy atom. The van der Waals surface area contributed by atoms with Crippen LogP contribution in [0.15, 0.2) is 48.9 Å². The molecule has 3 rings (SSSR count). The number of carbonyl (C=O) groups excluding carboxylic acids is 1. The summed E-state index contributed by atoms with van der Waals surface area (Å²) in [6, 6.07) is 9.34. The van der Waals surface area contributed by atoms with Crippen LogP contribution in [-0.2, 0) is 6.18 Å². The SMILES string of the molecule is CCN(CCNC(=O)c1cnn(-c2ncccn2)c1C(F)(F)F)c1cccc(C)c1. The van der Waals surface area contributed by atoms with E-state index in [2.05, 4.69) is 20.4 Å². The minimum absolute atomic E-state index is 0.172. The number of amides is 1. The number of hydrogen-bond donors (Lipinski definition) is 1. The van der Waals surface area contributed by atoms with E-state index in [1.165, 1.54) is 18.5 Å². The first-order chi connectivity index (χ1) is 14.3. The maximum absolute atomic E-state index is 13.6. The van der Waals surface area contributed by atoms with E-state index < -0.39 is 23.3 Å². The molecule has 1 N–H and O–H groups in total. The minimum atomic E-state index is -4.81. The highest BCUT2D eigenvalue weighted by molar-refractivity contribution is 5.95. The van der Waals surface area contributed by atoms with Crippen molar-refractivity contribution in [2.75, 3.05) is 24.5 Å². The lowest BCUT2D eigenvalue weighted by Crippen LogP contribution is -2.35. The molecule has 0 spiro atoms. The topological polar surface area (TPSA) is 75.9 Å². The van der Waals surface area contributed by atoms with Crippen molar-refractivity contribution in [1.29, 1.82) is 0 Å². The fraction of sp³-hybridized carbons (Fsp3) is 0.300. The maximum atomic E-state index is 13.6. The predicted octanol–water partition coefficient (Wildman–Crippen LogP) is 3.25. The Labute approximate surface area is 171 Å². The van der Waals surface area contributed by atoms with E-state index in [1.54, 1.807) is 0 Å². The average Bonchev–Trinajstić information content (AvgIpc) is 3.18. The van der Waals surface area contributed by atoms with Gasteiger partial charge in [-0.2, -0.15) is 23.0 Å². The molecule has 3 aromatic rings. The number of anilines is 1. The molecule has 0 unspecified atom stereocenters. The van der Waals surface area contributed by atoms with Gasteiger partial charge in [0.1, 0.15) is 0 Å². The Morgan fingerprint density at radius 1 is 1.20 bits per heavy atom. The number of nitrogens with zero attached hydrogens (tertiary/aromatic N) is 5. The van der Waals surface area contributed by atoms with Gasteiger partial charge in [0.2, 0.25) is 0 Å². The van der Waals surface area contributed by atoms with Crippen molar-refractivity contribution < 1.29 is 18.0 Å². The summed E-state index contributed by atoms with van der Waals surface area (Å²) in [5.74, 6) is -1.12. The van der Waals surface area contributed by atoms with Crippen molar-refractivity contribution in [1.82, 2.24) is 25.1 Å². The molecule has 1 amide bonds. The van der Waals surface area contributed by atoms with Gasteiger partial charge in [0, 0.05) is 37.7 Å². The molecule has 0 saturated heterocycles. The zero-order valence-electron chi connectivity index (χ0n) is 16.5. The van der Waals surface area contributed by atoms with Gasteiger partial charge in [-0.3, -0.25) is 4.79 Å². The van der Waals surface area contributed by atoms with E-state index >= 15 is 0 Å². The number of rotatable bonds is 7. The summed E-state index contributed by atoms with van der Waals surface area (Å²) in [5, 5.41) is 6.24. The highest BCUT2D eigenvalue weighted by atomic mass is 19.4. The molecule has 0 atom stereocenters. The van der Waals surface area contributed by atoms with Crippen LogP contribution >= 0.6 is 0 Å². The Balaban J connectivity index is 1.75. The van der Waals surface area contributed by atoms with E-state index in [0.29, 0.717) is 17.8 Å². The largest absolute Gasteiger partial charge is 0.434 e. The summed E-state index contributed by atoms with van der Waals surface area (Å²) < 4.78 is 41.5. The quantitative estimate of drug-likeness (QED) is 0.638. The molecule has 0 aliphatic carbocycles. The zero-order chi connectivity index (χ0) is 21.7. The first-order valence-electron chi connectivity index (χ1n) is 9.33. The summed E-state index contributed by atoms with van der Waals surface area (Å²) in [6.45, 7) is 5.26. The smallest absolute Gasteiger partial charge is 0.370 e. The lowest BCUT2D eigenvalue weighted by atomic mass is 10.2. The third-order valence-corrected chi connectivity index (χ3v) is 4.44. The Morgan fingerprint density at radius 2 is 1.93 bits per heavy atom. The molecule has 0 bridgehead atoms. The van der Waals surface area contributed by atoms with Crippen molar-refractivity contribution in [2.24, 2.45) is 0 Å². The Bertz CT molecular complexity index is 1000. The van der Waals surface area contributed by atoms with Crippen LogP contribution in [0.1, 0.15) is 28.5 Å². The van der Waals surface area contributed by atoms with Crippen molar-refractivity contribution >= 4 is 11.6 Å². The van der Waals surface area contributed by atoms with Gasteiger partial charge in [0.25, 0.3) is 11.9 Å². The second-order valence-corrected chi connectivity index (χ2v) is 6.54. The summed E-state index contributed by atoms with van der Waals surface area (Å²) in [5.41, 5.74) is 0.294. The van der Waals surface area contributed by atoms with Gasteiger partial charge in [-0.1, -0.05) is 12.1 Å². The molecule has 1 aromatic carbocycles. The van der Waals surface area contributed by atoms with E-state index in [-0.39, 0.29) is 12.5 Å². The molecule has 7 nitrogen and oxygen atoms in total.